The van der Waals surface area contributed by atoms with E-state index < -0.39 is 0 Å². The van der Waals surface area contributed by atoms with E-state index in [9.17, 15) is 0 Å². The van der Waals surface area contributed by atoms with Gasteiger partial charge in [0.2, 0.25) is 5.16 Å². The van der Waals surface area contributed by atoms with Crippen molar-refractivity contribution >= 4 is 23.4 Å². The molecule has 0 aliphatic rings. The number of hydrogen-bond donors (Lipinski definition) is 1. The predicted molar refractivity (Wildman–Crippen MR) is 111 cm³/mol. The Labute approximate surface area is 171 Å². The van der Waals surface area contributed by atoms with Gasteiger partial charge in [0, 0.05) is 17.9 Å². The van der Waals surface area contributed by atoms with Crippen LogP contribution in [0.15, 0.2) is 76.3 Å². The van der Waals surface area contributed by atoms with E-state index in [-0.39, 0.29) is 0 Å². The molecule has 0 radical (unpaired) electrons. The van der Waals surface area contributed by atoms with E-state index in [0.717, 1.165) is 40.2 Å². The van der Waals surface area contributed by atoms with Gasteiger partial charge in [0.15, 0.2) is 0 Å². The van der Waals surface area contributed by atoms with Crippen molar-refractivity contribution in [1.29, 1.82) is 0 Å². The molecule has 142 valence electrons. The van der Waals surface area contributed by atoms with Crippen LogP contribution in [0.2, 0.25) is 5.02 Å². The number of rotatable bonds is 8. The Morgan fingerprint density at radius 2 is 1.82 bits per heavy atom. The quantitative estimate of drug-likeness (QED) is 0.341. The van der Waals surface area contributed by atoms with Crippen LogP contribution in [0.1, 0.15) is 5.76 Å². The van der Waals surface area contributed by atoms with Crippen molar-refractivity contribution in [3.05, 3.63) is 77.5 Å². The summed E-state index contributed by atoms with van der Waals surface area (Å²) in [5, 5.41) is 16.8. The molecule has 0 saturated carbocycles. The molecule has 0 aliphatic heterocycles. The minimum Gasteiger partial charge on any atom is -0.460 e. The van der Waals surface area contributed by atoms with Gasteiger partial charge in [-0.1, -0.05) is 53.7 Å². The van der Waals surface area contributed by atoms with Gasteiger partial charge in [0.05, 0.1) is 17.3 Å². The van der Waals surface area contributed by atoms with E-state index in [4.69, 9.17) is 16.0 Å². The highest BCUT2D eigenvalue weighted by Crippen LogP contribution is 2.29. The topological polar surface area (TPSA) is 68.8 Å². The molecule has 28 heavy (non-hydrogen) atoms. The zero-order valence-corrected chi connectivity index (χ0v) is 16.5. The van der Waals surface area contributed by atoms with Crippen LogP contribution in [0, 0.1) is 0 Å². The molecule has 2 heterocycles. The molecule has 0 aliphatic carbocycles. The lowest BCUT2D eigenvalue weighted by Gasteiger charge is -2.05. The van der Waals surface area contributed by atoms with Crippen LogP contribution in [0.3, 0.4) is 0 Å². The maximum absolute atomic E-state index is 6.22. The van der Waals surface area contributed by atoms with Crippen LogP contribution in [0.5, 0.6) is 0 Å². The molecular formula is C20H18ClN5OS. The standard InChI is InChI=1S/C20H18ClN5OS/c21-18-9-5-4-8-17(18)19-11-10-16(27-19)14-22-12-13-28-20-23-24-25-26(20)15-6-2-1-3-7-15/h1-11,22H,12-14H2. The highest BCUT2D eigenvalue weighted by atomic mass is 35.5. The fraction of sp³-hybridized carbons (Fsp3) is 0.150. The Balaban J connectivity index is 1.27. The zero-order chi connectivity index (χ0) is 19.2. The molecule has 0 atom stereocenters. The smallest absolute Gasteiger partial charge is 0.214 e. The number of aromatic nitrogens is 4. The predicted octanol–water partition coefficient (Wildman–Crippen LogP) is 4.46. The molecule has 8 heteroatoms. The van der Waals surface area contributed by atoms with Gasteiger partial charge in [0.1, 0.15) is 11.5 Å². The summed E-state index contributed by atoms with van der Waals surface area (Å²) in [5.74, 6) is 2.48. The van der Waals surface area contributed by atoms with Crippen LogP contribution < -0.4 is 5.32 Å². The number of tetrazole rings is 1. The Kier molecular flexibility index (Phi) is 6.06. The van der Waals surface area contributed by atoms with Crippen molar-refractivity contribution in [2.75, 3.05) is 12.3 Å². The SMILES string of the molecule is Clc1ccccc1-c1ccc(CNCCSc2nnnn2-c2ccccc2)o1. The highest BCUT2D eigenvalue weighted by molar-refractivity contribution is 7.99. The van der Waals surface area contributed by atoms with Crippen molar-refractivity contribution in [3.63, 3.8) is 0 Å². The second kappa shape index (κ2) is 9.05. The average molecular weight is 412 g/mol. The van der Waals surface area contributed by atoms with Gasteiger partial charge in [-0.15, -0.1) is 5.10 Å². The summed E-state index contributed by atoms with van der Waals surface area (Å²) in [6, 6.07) is 21.4. The van der Waals surface area contributed by atoms with E-state index in [0.29, 0.717) is 11.6 Å². The third kappa shape index (κ3) is 4.44. The first-order chi connectivity index (χ1) is 13.8. The lowest BCUT2D eigenvalue weighted by atomic mass is 10.2. The molecule has 0 fully saturated rings. The maximum Gasteiger partial charge on any atom is 0.214 e. The zero-order valence-electron chi connectivity index (χ0n) is 15.0. The van der Waals surface area contributed by atoms with E-state index in [1.54, 1.807) is 16.4 Å². The molecular weight excluding hydrogens is 394 g/mol. The molecule has 4 aromatic rings. The highest BCUT2D eigenvalue weighted by Gasteiger charge is 2.09. The molecule has 4 rings (SSSR count). The molecule has 0 amide bonds. The summed E-state index contributed by atoms with van der Waals surface area (Å²) < 4.78 is 7.63. The van der Waals surface area contributed by atoms with Gasteiger partial charge >= 0.3 is 0 Å². The fourth-order valence-corrected chi connectivity index (χ4v) is 3.72. The van der Waals surface area contributed by atoms with Crippen LogP contribution in [0.25, 0.3) is 17.0 Å². The monoisotopic (exact) mass is 411 g/mol. The van der Waals surface area contributed by atoms with Crippen LogP contribution in [-0.4, -0.2) is 32.5 Å². The maximum atomic E-state index is 6.22. The average Bonchev–Trinajstić information content (AvgIpc) is 3.38. The fourth-order valence-electron chi connectivity index (χ4n) is 2.70. The Bertz CT molecular complexity index is 1030. The second-order valence-corrected chi connectivity index (χ2v) is 7.45. The van der Waals surface area contributed by atoms with Gasteiger partial charge in [-0.3, -0.25) is 0 Å². The summed E-state index contributed by atoms with van der Waals surface area (Å²) in [5.41, 5.74) is 1.85. The lowest BCUT2D eigenvalue weighted by molar-refractivity contribution is 0.499. The summed E-state index contributed by atoms with van der Waals surface area (Å²) in [4.78, 5) is 0. The van der Waals surface area contributed by atoms with Gasteiger partial charge in [-0.2, -0.15) is 4.68 Å². The van der Waals surface area contributed by atoms with Crippen LogP contribution in [-0.2, 0) is 6.54 Å². The van der Waals surface area contributed by atoms with Gasteiger partial charge in [-0.05, 0) is 46.8 Å². The van der Waals surface area contributed by atoms with E-state index in [1.165, 1.54) is 0 Å². The molecule has 1 N–H and O–H groups in total. The number of benzene rings is 2. The molecule has 0 unspecified atom stereocenters. The summed E-state index contributed by atoms with van der Waals surface area (Å²) in [6.07, 6.45) is 0. The van der Waals surface area contributed by atoms with Crippen molar-refractivity contribution in [2.24, 2.45) is 0 Å². The van der Waals surface area contributed by atoms with Crippen molar-refractivity contribution in [2.45, 2.75) is 11.7 Å². The molecule has 0 spiro atoms. The van der Waals surface area contributed by atoms with E-state index >= 15 is 0 Å². The van der Waals surface area contributed by atoms with Crippen LogP contribution in [0.4, 0.5) is 0 Å². The number of furan rings is 1. The van der Waals surface area contributed by atoms with E-state index in [1.807, 2.05) is 66.7 Å². The molecule has 6 nitrogen and oxygen atoms in total. The Morgan fingerprint density at radius 1 is 1.00 bits per heavy atom. The number of hydrogen-bond acceptors (Lipinski definition) is 6. The minimum atomic E-state index is 0.647. The van der Waals surface area contributed by atoms with Crippen molar-refractivity contribution in [1.82, 2.24) is 25.5 Å². The first-order valence-electron chi connectivity index (χ1n) is 8.82. The molecule has 2 aromatic carbocycles. The first-order valence-corrected chi connectivity index (χ1v) is 10.2. The summed E-state index contributed by atoms with van der Waals surface area (Å²) >= 11 is 7.83. The van der Waals surface area contributed by atoms with E-state index in [2.05, 4.69) is 20.8 Å². The van der Waals surface area contributed by atoms with Gasteiger partial charge < -0.3 is 9.73 Å². The van der Waals surface area contributed by atoms with Crippen LogP contribution >= 0.6 is 23.4 Å². The minimum absolute atomic E-state index is 0.647. The molecule has 0 saturated heterocycles. The first kappa shape index (κ1) is 18.7. The summed E-state index contributed by atoms with van der Waals surface area (Å²) in [7, 11) is 0. The third-order valence-corrected chi connectivity index (χ3v) is 5.30. The second-order valence-electron chi connectivity index (χ2n) is 5.98. The van der Waals surface area contributed by atoms with Gasteiger partial charge in [-0.25, -0.2) is 0 Å². The van der Waals surface area contributed by atoms with Crippen molar-refractivity contribution in [3.8, 4) is 17.0 Å². The number of nitrogens with one attached hydrogen (secondary N) is 1. The number of thioether (sulfide) groups is 1. The van der Waals surface area contributed by atoms with Gasteiger partial charge in [0.25, 0.3) is 0 Å². The molecule has 0 bridgehead atoms. The van der Waals surface area contributed by atoms with Crippen molar-refractivity contribution < 1.29 is 4.42 Å². The number of nitrogens with zero attached hydrogens (tertiary/aromatic N) is 4. The Hall–Kier alpha value is -2.61. The normalized spacial score (nSPS) is 11.0. The summed E-state index contributed by atoms with van der Waals surface area (Å²) in [6.45, 7) is 1.45. The number of halogens is 1. The third-order valence-electron chi connectivity index (χ3n) is 4.05. The molecule has 2 aromatic heterocycles. The Morgan fingerprint density at radius 3 is 2.68 bits per heavy atom. The lowest BCUT2D eigenvalue weighted by Crippen LogP contribution is -2.16. The largest absolute Gasteiger partial charge is 0.460 e. The number of para-hydroxylation sites is 1.